The topological polar surface area (TPSA) is 101 Å². The standard InChI is InChI=1S/C25H28O5/c1-14-4-18(24(29)21(6-14)12-26)9-17-8-16(3)23(28)20(10-17)11-19-5-15(2)7-22(13-27)25(19)30/h4-8,10,26-30H,9,11-13H2,1-3H3. The van der Waals surface area contributed by atoms with Crippen molar-refractivity contribution >= 4 is 0 Å². The molecule has 30 heavy (non-hydrogen) atoms. The summed E-state index contributed by atoms with van der Waals surface area (Å²) in [5.74, 6) is 0.281. The van der Waals surface area contributed by atoms with Gasteiger partial charge in [0.25, 0.3) is 0 Å². The van der Waals surface area contributed by atoms with Gasteiger partial charge in [0, 0.05) is 24.0 Å². The molecule has 0 atom stereocenters. The minimum absolute atomic E-state index is 0.0365. The molecule has 0 aliphatic rings. The Morgan fingerprint density at radius 3 is 1.47 bits per heavy atom. The molecule has 5 N–H and O–H groups in total. The van der Waals surface area contributed by atoms with E-state index in [1.165, 1.54) is 0 Å². The summed E-state index contributed by atoms with van der Waals surface area (Å²) < 4.78 is 0. The Bertz CT molecular complexity index is 1090. The molecule has 3 rings (SSSR count). The fourth-order valence-corrected chi connectivity index (χ4v) is 3.97. The molecule has 158 valence electrons. The van der Waals surface area contributed by atoms with Crippen LogP contribution in [0.25, 0.3) is 0 Å². The zero-order valence-corrected chi connectivity index (χ0v) is 17.5. The van der Waals surface area contributed by atoms with Crippen LogP contribution in [0.1, 0.15) is 50.1 Å². The molecule has 5 heteroatoms. The molecule has 3 aromatic rings. The predicted octanol–water partition coefficient (Wildman–Crippen LogP) is 3.89. The SMILES string of the molecule is Cc1cc(CO)c(O)c(Cc2cc(C)c(O)c(Cc3cc(C)cc(CO)c3O)c2)c1. The second-order valence-electron chi connectivity index (χ2n) is 7.95. The number of hydrogen-bond donors (Lipinski definition) is 5. The van der Waals surface area contributed by atoms with Gasteiger partial charge in [-0.2, -0.15) is 0 Å². The van der Waals surface area contributed by atoms with Gasteiger partial charge in [-0.15, -0.1) is 0 Å². The van der Waals surface area contributed by atoms with Crippen LogP contribution in [0.15, 0.2) is 36.4 Å². The van der Waals surface area contributed by atoms with Crippen LogP contribution in [-0.2, 0) is 26.1 Å². The minimum Gasteiger partial charge on any atom is -0.507 e. The van der Waals surface area contributed by atoms with Crippen molar-refractivity contribution in [2.24, 2.45) is 0 Å². The quantitative estimate of drug-likeness (QED) is 0.426. The molecule has 0 spiro atoms. The highest BCUT2D eigenvalue weighted by atomic mass is 16.3. The molecular weight excluding hydrogens is 380 g/mol. The number of phenolic OH excluding ortho intramolecular Hbond substituents is 1. The molecule has 0 amide bonds. The molecule has 0 bridgehead atoms. The van der Waals surface area contributed by atoms with E-state index in [-0.39, 0.29) is 30.5 Å². The smallest absolute Gasteiger partial charge is 0.124 e. The van der Waals surface area contributed by atoms with E-state index in [1.54, 1.807) is 12.1 Å². The normalized spacial score (nSPS) is 11.1. The molecule has 3 aromatic carbocycles. The van der Waals surface area contributed by atoms with Crippen molar-refractivity contribution in [2.75, 3.05) is 0 Å². The van der Waals surface area contributed by atoms with Crippen LogP contribution in [0, 0.1) is 20.8 Å². The first-order chi connectivity index (χ1) is 14.2. The van der Waals surface area contributed by atoms with E-state index in [0.29, 0.717) is 46.2 Å². The summed E-state index contributed by atoms with van der Waals surface area (Å²) >= 11 is 0. The van der Waals surface area contributed by atoms with E-state index in [1.807, 2.05) is 45.0 Å². The summed E-state index contributed by atoms with van der Waals surface area (Å²) in [5.41, 5.74) is 6.41. The zero-order chi connectivity index (χ0) is 22.0. The fourth-order valence-electron chi connectivity index (χ4n) is 3.97. The summed E-state index contributed by atoms with van der Waals surface area (Å²) in [6.07, 6.45) is 0.749. The Hall–Kier alpha value is -3.02. The van der Waals surface area contributed by atoms with E-state index < -0.39 is 0 Å². The Kier molecular flexibility index (Phi) is 6.34. The molecule has 0 saturated carbocycles. The van der Waals surface area contributed by atoms with Gasteiger partial charge in [0.2, 0.25) is 0 Å². The van der Waals surface area contributed by atoms with Gasteiger partial charge in [-0.25, -0.2) is 0 Å². The number of aryl methyl sites for hydroxylation is 3. The third-order valence-corrected chi connectivity index (χ3v) is 5.38. The van der Waals surface area contributed by atoms with E-state index in [2.05, 4.69) is 0 Å². The number of phenols is 3. The first kappa shape index (κ1) is 21.7. The average Bonchev–Trinajstić information content (AvgIpc) is 2.70. The van der Waals surface area contributed by atoms with Gasteiger partial charge in [0.15, 0.2) is 0 Å². The molecule has 0 fully saturated rings. The van der Waals surface area contributed by atoms with Crippen molar-refractivity contribution in [1.29, 1.82) is 0 Å². The lowest BCUT2D eigenvalue weighted by Crippen LogP contribution is -1.99. The van der Waals surface area contributed by atoms with Gasteiger partial charge < -0.3 is 25.5 Å². The largest absolute Gasteiger partial charge is 0.507 e. The van der Waals surface area contributed by atoms with Gasteiger partial charge in [-0.1, -0.05) is 47.5 Å². The van der Waals surface area contributed by atoms with Gasteiger partial charge >= 0.3 is 0 Å². The van der Waals surface area contributed by atoms with Crippen LogP contribution >= 0.6 is 0 Å². The molecule has 0 heterocycles. The molecule has 0 aliphatic carbocycles. The van der Waals surface area contributed by atoms with E-state index in [4.69, 9.17) is 0 Å². The minimum atomic E-state index is -0.259. The van der Waals surface area contributed by atoms with Gasteiger partial charge in [-0.05, 0) is 48.6 Å². The van der Waals surface area contributed by atoms with E-state index >= 15 is 0 Å². The molecule has 0 aliphatic heterocycles. The average molecular weight is 408 g/mol. The maximum absolute atomic E-state index is 10.6. The maximum Gasteiger partial charge on any atom is 0.124 e. The van der Waals surface area contributed by atoms with Crippen molar-refractivity contribution in [3.8, 4) is 17.2 Å². The highest BCUT2D eigenvalue weighted by Crippen LogP contribution is 2.33. The molecule has 0 aromatic heterocycles. The molecule has 0 saturated heterocycles. The van der Waals surface area contributed by atoms with Crippen LogP contribution in [0.5, 0.6) is 17.2 Å². The van der Waals surface area contributed by atoms with Crippen molar-refractivity contribution < 1.29 is 25.5 Å². The first-order valence-electron chi connectivity index (χ1n) is 9.89. The summed E-state index contributed by atoms with van der Waals surface area (Å²) in [6, 6.07) is 11.0. The van der Waals surface area contributed by atoms with Gasteiger partial charge in [0.05, 0.1) is 13.2 Å². The predicted molar refractivity (Wildman–Crippen MR) is 116 cm³/mol. The monoisotopic (exact) mass is 408 g/mol. The third-order valence-electron chi connectivity index (χ3n) is 5.38. The molecule has 0 radical (unpaired) electrons. The lowest BCUT2D eigenvalue weighted by molar-refractivity contribution is 0.274. The van der Waals surface area contributed by atoms with Crippen molar-refractivity contribution in [2.45, 2.75) is 46.8 Å². The van der Waals surface area contributed by atoms with Crippen LogP contribution in [-0.4, -0.2) is 25.5 Å². The van der Waals surface area contributed by atoms with Crippen LogP contribution in [0.4, 0.5) is 0 Å². The third kappa shape index (κ3) is 4.42. The second kappa shape index (κ2) is 8.78. The molecule has 5 nitrogen and oxygen atoms in total. The van der Waals surface area contributed by atoms with E-state index in [0.717, 1.165) is 16.7 Å². The number of rotatable bonds is 6. The summed E-state index contributed by atoms with van der Waals surface area (Å²) in [7, 11) is 0. The lowest BCUT2D eigenvalue weighted by Gasteiger charge is -2.15. The Morgan fingerprint density at radius 1 is 0.533 bits per heavy atom. The van der Waals surface area contributed by atoms with Crippen LogP contribution in [0.2, 0.25) is 0 Å². The second-order valence-corrected chi connectivity index (χ2v) is 7.95. The number of benzene rings is 3. The highest BCUT2D eigenvalue weighted by molar-refractivity contribution is 5.52. The van der Waals surface area contributed by atoms with Crippen molar-refractivity contribution in [3.63, 3.8) is 0 Å². The number of hydrogen-bond acceptors (Lipinski definition) is 5. The van der Waals surface area contributed by atoms with Gasteiger partial charge in [-0.3, -0.25) is 0 Å². The van der Waals surface area contributed by atoms with E-state index in [9.17, 15) is 25.5 Å². The van der Waals surface area contributed by atoms with Crippen molar-refractivity contribution in [3.05, 3.63) is 86.5 Å². The highest BCUT2D eigenvalue weighted by Gasteiger charge is 2.15. The zero-order valence-electron chi connectivity index (χ0n) is 17.5. The fraction of sp³-hybridized carbons (Fsp3) is 0.280. The molecular formula is C25H28O5. The maximum atomic E-state index is 10.6. The number of aromatic hydroxyl groups is 3. The van der Waals surface area contributed by atoms with Crippen LogP contribution in [0.3, 0.4) is 0 Å². The lowest BCUT2D eigenvalue weighted by atomic mass is 9.93. The summed E-state index contributed by atoms with van der Waals surface area (Å²) in [4.78, 5) is 0. The van der Waals surface area contributed by atoms with Crippen molar-refractivity contribution in [1.82, 2.24) is 0 Å². The Labute approximate surface area is 176 Å². The Balaban J connectivity index is 2.00. The number of aliphatic hydroxyl groups is 2. The molecule has 0 unspecified atom stereocenters. The number of aliphatic hydroxyl groups excluding tert-OH is 2. The van der Waals surface area contributed by atoms with Gasteiger partial charge in [0.1, 0.15) is 17.2 Å². The summed E-state index contributed by atoms with van der Waals surface area (Å²) in [5, 5.41) is 50.5. The van der Waals surface area contributed by atoms with Crippen LogP contribution < -0.4 is 0 Å². The Morgan fingerprint density at radius 2 is 0.967 bits per heavy atom. The summed E-state index contributed by atoms with van der Waals surface area (Å²) in [6.45, 7) is 5.12. The first-order valence-corrected chi connectivity index (χ1v) is 9.89.